The van der Waals surface area contributed by atoms with Crippen LogP contribution in [-0.4, -0.2) is 11.6 Å². The van der Waals surface area contributed by atoms with Gasteiger partial charge in [-0.1, -0.05) is 38.5 Å². The number of rotatable bonds is 2. The maximum absolute atomic E-state index is 6.13. The Morgan fingerprint density at radius 1 is 1.15 bits per heavy atom. The molecule has 1 aliphatic carbocycles. The zero-order chi connectivity index (χ0) is 14.4. The quantitative estimate of drug-likeness (QED) is 0.859. The van der Waals surface area contributed by atoms with Crippen molar-refractivity contribution in [2.45, 2.75) is 71.1 Å². The molecule has 0 spiro atoms. The van der Waals surface area contributed by atoms with E-state index in [4.69, 9.17) is 4.74 Å². The highest BCUT2D eigenvalue weighted by Gasteiger charge is 2.39. The van der Waals surface area contributed by atoms with E-state index in [1.54, 1.807) is 0 Å². The van der Waals surface area contributed by atoms with Crippen molar-refractivity contribution in [2.75, 3.05) is 0 Å². The molecule has 0 radical (unpaired) electrons. The van der Waals surface area contributed by atoms with Crippen LogP contribution in [-0.2, 0) is 0 Å². The molecule has 110 valence electrons. The van der Waals surface area contributed by atoms with Crippen molar-refractivity contribution in [3.8, 4) is 5.75 Å². The van der Waals surface area contributed by atoms with Crippen LogP contribution in [0, 0.1) is 5.41 Å². The minimum Gasteiger partial charge on any atom is -0.487 e. The number of benzene rings is 1. The first kappa shape index (κ1) is 13.9. The molecule has 2 unspecified atom stereocenters. The largest absolute Gasteiger partial charge is 0.487 e. The van der Waals surface area contributed by atoms with Gasteiger partial charge in [0.15, 0.2) is 0 Å². The number of fused-ring (bicyclic) bond motifs is 1. The van der Waals surface area contributed by atoms with Gasteiger partial charge in [-0.3, -0.25) is 0 Å². The van der Waals surface area contributed by atoms with Crippen molar-refractivity contribution >= 4 is 0 Å². The first-order valence-corrected chi connectivity index (χ1v) is 7.91. The fourth-order valence-electron chi connectivity index (χ4n) is 3.83. The molecule has 3 rings (SSSR count). The molecule has 0 aromatic heterocycles. The number of hydrogen-bond donors (Lipinski definition) is 1. The van der Waals surface area contributed by atoms with Gasteiger partial charge in [0.2, 0.25) is 0 Å². The Kier molecular flexibility index (Phi) is 3.32. The van der Waals surface area contributed by atoms with Crippen molar-refractivity contribution in [3.63, 3.8) is 0 Å². The molecule has 1 N–H and O–H groups in total. The molecule has 1 fully saturated rings. The van der Waals surface area contributed by atoms with Gasteiger partial charge < -0.3 is 10.1 Å². The number of para-hydroxylation sites is 1. The van der Waals surface area contributed by atoms with Crippen molar-refractivity contribution in [2.24, 2.45) is 5.41 Å². The van der Waals surface area contributed by atoms with Crippen molar-refractivity contribution in [1.29, 1.82) is 0 Å². The van der Waals surface area contributed by atoms with E-state index in [0.717, 1.165) is 12.2 Å². The Bertz CT molecular complexity index is 492. The molecular formula is C18H27NO. The summed E-state index contributed by atoms with van der Waals surface area (Å²) in [6, 6.07) is 9.53. The highest BCUT2D eigenvalue weighted by molar-refractivity contribution is 5.38. The van der Waals surface area contributed by atoms with Gasteiger partial charge in [-0.05, 0) is 38.2 Å². The molecule has 1 aliphatic heterocycles. The average Bonchev–Trinajstić information content (AvgIpc) is 2.67. The minimum atomic E-state index is -0.0885. The Hall–Kier alpha value is -1.02. The summed E-state index contributed by atoms with van der Waals surface area (Å²) in [4.78, 5) is 0. The molecule has 0 bridgehead atoms. The molecule has 1 saturated carbocycles. The van der Waals surface area contributed by atoms with Gasteiger partial charge in [0.1, 0.15) is 11.4 Å². The van der Waals surface area contributed by atoms with Crippen LogP contribution in [0.2, 0.25) is 0 Å². The second-order valence-electron chi connectivity index (χ2n) is 7.76. The SMILES string of the molecule is CC1(C)CC(NC2CCCC2(C)C)c2ccccc2O1. The zero-order valence-corrected chi connectivity index (χ0v) is 13.2. The normalized spacial score (nSPS) is 30.6. The molecule has 2 nitrogen and oxygen atoms in total. The van der Waals surface area contributed by atoms with Crippen molar-refractivity contribution < 1.29 is 4.74 Å². The maximum atomic E-state index is 6.13. The van der Waals surface area contributed by atoms with Crippen LogP contribution < -0.4 is 10.1 Å². The third kappa shape index (κ3) is 2.58. The number of ether oxygens (including phenoxy) is 1. The van der Waals surface area contributed by atoms with Gasteiger partial charge in [0.25, 0.3) is 0 Å². The Morgan fingerprint density at radius 2 is 1.90 bits per heavy atom. The van der Waals surface area contributed by atoms with Crippen molar-refractivity contribution in [3.05, 3.63) is 29.8 Å². The van der Waals surface area contributed by atoms with Crippen LogP contribution >= 0.6 is 0 Å². The lowest BCUT2D eigenvalue weighted by Crippen LogP contribution is -2.45. The van der Waals surface area contributed by atoms with E-state index in [0.29, 0.717) is 17.5 Å². The summed E-state index contributed by atoms with van der Waals surface area (Å²) >= 11 is 0. The molecular weight excluding hydrogens is 246 g/mol. The summed E-state index contributed by atoms with van der Waals surface area (Å²) in [7, 11) is 0. The molecule has 0 amide bonds. The van der Waals surface area contributed by atoms with E-state index in [1.807, 2.05) is 0 Å². The average molecular weight is 273 g/mol. The van der Waals surface area contributed by atoms with E-state index in [-0.39, 0.29) is 5.60 Å². The van der Waals surface area contributed by atoms with Crippen LogP contribution in [0.1, 0.15) is 65.0 Å². The van der Waals surface area contributed by atoms with Gasteiger partial charge in [-0.25, -0.2) is 0 Å². The molecule has 1 heterocycles. The molecule has 2 aliphatic rings. The fraction of sp³-hybridized carbons (Fsp3) is 0.667. The standard InChI is InChI=1S/C18H27NO/c1-17(2)11-7-10-16(17)19-14-12-18(3,4)20-15-9-6-5-8-13(14)15/h5-6,8-9,14,16,19H,7,10-12H2,1-4H3. The second-order valence-corrected chi connectivity index (χ2v) is 7.76. The highest BCUT2D eigenvalue weighted by Crippen LogP contribution is 2.43. The topological polar surface area (TPSA) is 21.3 Å². The summed E-state index contributed by atoms with van der Waals surface area (Å²) < 4.78 is 6.13. The predicted octanol–water partition coefficient (Wildman–Crippen LogP) is 4.46. The Labute approximate surface area is 122 Å². The zero-order valence-electron chi connectivity index (χ0n) is 13.2. The third-order valence-corrected chi connectivity index (χ3v) is 5.04. The summed E-state index contributed by atoms with van der Waals surface area (Å²) in [5, 5.41) is 3.94. The molecule has 0 saturated heterocycles. The molecule has 1 aromatic rings. The van der Waals surface area contributed by atoms with Gasteiger partial charge in [0.05, 0.1) is 0 Å². The van der Waals surface area contributed by atoms with Gasteiger partial charge in [0, 0.05) is 24.1 Å². The monoisotopic (exact) mass is 273 g/mol. The lowest BCUT2D eigenvalue weighted by atomic mass is 9.84. The summed E-state index contributed by atoms with van der Waals surface area (Å²) in [6.07, 6.45) is 5.02. The lowest BCUT2D eigenvalue weighted by molar-refractivity contribution is 0.0600. The maximum Gasteiger partial charge on any atom is 0.124 e. The molecule has 2 heteroatoms. The van der Waals surface area contributed by atoms with Gasteiger partial charge in [-0.15, -0.1) is 0 Å². The second kappa shape index (κ2) is 4.77. The first-order valence-electron chi connectivity index (χ1n) is 7.91. The van der Waals surface area contributed by atoms with Crippen LogP contribution in [0.4, 0.5) is 0 Å². The number of nitrogens with one attached hydrogen (secondary N) is 1. The molecule has 1 aromatic carbocycles. The predicted molar refractivity (Wildman–Crippen MR) is 83.1 cm³/mol. The fourth-order valence-corrected chi connectivity index (χ4v) is 3.83. The number of hydrogen-bond acceptors (Lipinski definition) is 2. The highest BCUT2D eigenvalue weighted by atomic mass is 16.5. The summed E-state index contributed by atoms with van der Waals surface area (Å²) in [6.45, 7) is 9.18. The van der Waals surface area contributed by atoms with Crippen LogP contribution in [0.5, 0.6) is 5.75 Å². The third-order valence-electron chi connectivity index (χ3n) is 5.04. The minimum absolute atomic E-state index is 0.0885. The smallest absolute Gasteiger partial charge is 0.124 e. The van der Waals surface area contributed by atoms with E-state index in [2.05, 4.69) is 57.3 Å². The van der Waals surface area contributed by atoms with E-state index in [9.17, 15) is 0 Å². The Morgan fingerprint density at radius 3 is 2.60 bits per heavy atom. The molecule has 20 heavy (non-hydrogen) atoms. The molecule has 2 atom stereocenters. The van der Waals surface area contributed by atoms with E-state index < -0.39 is 0 Å². The summed E-state index contributed by atoms with van der Waals surface area (Å²) in [5.74, 6) is 1.05. The van der Waals surface area contributed by atoms with E-state index >= 15 is 0 Å². The van der Waals surface area contributed by atoms with Crippen LogP contribution in [0.3, 0.4) is 0 Å². The first-order chi connectivity index (χ1) is 9.37. The van der Waals surface area contributed by atoms with Gasteiger partial charge in [-0.2, -0.15) is 0 Å². The van der Waals surface area contributed by atoms with E-state index in [1.165, 1.54) is 24.8 Å². The van der Waals surface area contributed by atoms with Crippen molar-refractivity contribution in [1.82, 2.24) is 5.32 Å². The van der Waals surface area contributed by atoms with Crippen LogP contribution in [0.25, 0.3) is 0 Å². The van der Waals surface area contributed by atoms with Crippen LogP contribution in [0.15, 0.2) is 24.3 Å². The van der Waals surface area contributed by atoms with Gasteiger partial charge >= 0.3 is 0 Å². The lowest BCUT2D eigenvalue weighted by Gasteiger charge is -2.41. The Balaban J connectivity index is 1.86. The summed E-state index contributed by atoms with van der Waals surface area (Å²) in [5.41, 5.74) is 1.65.